The topological polar surface area (TPSA) is 174 Å². The molecular weight excluding hydrogens is 470 g/mol. The van der Waals surface area contributed by atoms with E-state index < -0.39 is 39.4 Å². The first-order valence-corrected chi connectivity index (χ1v) is 11.5. The number of esters is 1. The molecule has 172 valence electrons. The highest BCUT2D eigenvalue weighted by molar-refractivity contribution is 7.87. The van der Waals surface area contributed by atoms with E-state index in [1.54, 1.807) is 20.8 Å². The molecule has 12 nitrogen and oxygen atoms in total. The molecule has 0 bridgehead atoms. The van der Waals surface area contributed by atoms with Gasteiger partial charge in [0.15, 0.2) is 10.8 Å². The first-order valence-electron chi connectivity index (χ1n) is 8.82. The Bertz CT molecular complexity index is 1030. The lowest BCUT2D eigenvalue weighted by Crippen LogP contribution is -2.65. The summed E-state index contributed by atoms with van der Waals surface area (Å²) in [5, 5.41) is 7.91. The third-order valence-corrected chi connectivity index (χ3v) is 5.91. The van der Waals surface area contributed by atoms with Crippen LogP contribution in [0.4, 0.5) is 5.13 Å². The molecule has 1 atom stereocenters. The minimum absolute atomic E-state index is 0.0804. The van der Waals surface area contributed by atoms with Crippen molar-refractivity contribution in [2.45, 2.75) is 51.9 Å². The van der Waals surface area contributed by atoms with E-state index in [2.05, 4.69) is 15.5 Å². The Balaban J connectivity index is 2.21. The zero-order valence-corrected chi connectivity index (χ0v) is 19.9. The predicted octanol–water partition coefficient (Wildman–Crippen LogP) is 0.497. The highest BCUT2D eigenvalue weighted by Crippen LogP contribution is 2.20. The monoisotopic (exact) mass is 493 g/mol. The van der Waals surface area contributed by atoms with Gasteiger partial charge in [-0.1, -0.05) is 17.4 Å². The smallest absolute Gasteiger partial charge is 0.360 e. The lowest BCUT2D eigenvalue weighted by atomic mass is 10.1. The third-order valence-electron chi connectivity index (χ3n) is 3.71. The largest absolute Gasteiger partial charge is 0.457 e. The maximum Gasteiger partial charge on any atom is 0.360 e. The number of hydrogen-bond acceptors (Lipinski definition) is 11. The van der Waals surface area contributed by atoms with Gasteiger partial charge in [-0.3, -0.25) is 9.35 Å². The van der Waals surface area contributed by atoms with Crippen LogP contribution < -0.4 is 11.1 Å². The summed E-state index contributed by atoms with van der Waals surface area (Å²) in [4.78, 5) is 34.2. The minimum atomic E-state index is -4.50. The van der Waals surface area contributed by atoms with Gasteiger partial charge in [0.25, 0.3) is 5.91 Å². The molecule has 31 heavy (non-hydrogen) atoms. The molecule has 15 heteroatoms. The number of aromatic nitrogens is 1. The fourth-order valence-electron chi connectivity index (χ4n) is 2.14. The molecule has 0 saturated carbocycles. The van der Waals surface area contributed by atoms with E-state index in [0.717, 1.165) is 11.3 Å². The van der Waals surface area contributed by atoms with Gasteiger partial charge in [0.2, 0.25) is 5.60 Å². The standard InChI is InChI=1S/C16H23N5O7S3/c1-15(2,3)27-13(23)16(4,5)28-20-10(9-7-30-14(17)19-9)11(22)18-8-6-21(12(8)29)31(24,25)26/h7-8H,6H2,1-5H3,(H2,17,19)(H,18,22)(H,24,25,26)/b20-10-/t8-/m0/s1. The molecule has 1 aromatic rings. The number of ether oxygens (including phenoxy) is 1. The van der Waals surface area contributed by atoms with Crippen molar-refractivity contribution < 1.29 is 32.1 Å². The molecule has 1 amide bonds. The van der Waals surface area contributed by atoms with Crippen LogP contribution in [-0.4, -0.2) is 68.6 Å². The fraction of sp³-hybridized carbons (Fsp3) is 0.562. The number of thiazole rings is 1. The zero-order chi connectivity index (χ0) is 23.8. The number of nitrogens with zero attached hydrogens (tertiary/aromatic N) is 3. The summed E-state index contributed by atoms with van der Waals surface area (Å²) in [7, 11) is -4.50. The summed E-state index contributed by atoms with van der Waals surface area (Å²) in [6.07, 6.45) is 0. The number of hydrogen-bond donors (Lipinski definition) is 3. The van der Waals surface area contributed by atoms with Gasteiger partial charge in [0.05, 0.1) is 12.6 Å². The highest BCUT2D eigenvalue weighted by atomic mass is 32.2. The van der Waals surface area contributed by atoms with Gasteiger partial charge in [-0.2, -0.15) is 8.42 Å². The number of thiocarbonyl (C=S) groups is 1. The molecule has 0 aromatic carbocycles. The average Bonchev–Trinajstić information content (AvgIpc) is 3.01. The van der Waals surface area contributed by atoms with Crippen molar-refractivity contribution in [2.75, 3.05) is 12.3 Å². The Morgan fingerprint density at radius 2 is 2.00 bits per heavy atom. The van der Waals surface area contributed by atoms with Crippen LogP contribution in [0.15, 0.2) is 10.5 Å². The Kier molecular flexibility index (Phi) is 6.94. The Morgan fingerprint density at radius 3 is 2.45 bits per heavy atom. The molecular formula is C16H23N5O7S3. The summed E-state index contributed by atoms with van der Waals surface area (Å²) in [5.41, 5.74) is 3.11. The number of nitrogens with two attached hydrogens (primary N) is 1. The molecule has 1 fully saturated rings. The maximum atomic E-state index is 12.8. The number of carbonyl (C=O) groups excluding carboxylic acids is 2. The van der Waals surface area contributed by atoms with Crippen LogP contribution in [0, 0.1) is 0 Å². The SMILES string of the molecule is CC(C)(C)OC(=O)C(C)(C)O/N=C(\C(=O)N[C@H]1CN(S(=O)(=O)O)C1=S)c1csc(N)n1. The van der Waals surface area contributed by atoms with Gasteiger partial charge >= 0.3 is 16.3 Å². The number of amides is 1. The van der Waals surface area contributed by atoms with Gasteiger partial charge in [-0.15, -0.1) is 11.3 Å². The molecule has 0 aliphatic carbocycles. The molecule has 1 aromatic heterocycles. The summed E-state index contributed by atoms with van der Waals surface area (Å²) in [5.74, 6) is -1.50. The summed E-state index contributed by atoms with van der Waals surface area (Å²) in [6.45, 7) is 7.66. The van der Waals surface area contributed by atoms with Crippen LogP contribution in [0.2, 0.25) is 0 Å². The minimum Gasteiger partial charge on any atom is -0.457 e. The van der Waals surface area contributed by atoms with Crippen molar-refractivity contribution in [1.29, 1.82) is 0 Å². The average molecular weight is 494 g/mol. The number of anilines is 1. The lowest BCUT2D eigenvalue weighted by Gasteiger charge is -2.38. The van der Waals surface area contributed by atoms with Crippen molar-refractivity contribution in [2.24, 2.45) is 5.16 Å². The molecule has 1 aliphatic rings. The van der Waals surface area contributed by atoms with Gasteiger partial charge in [0, 0.05) is 5.38 Å². The Morgan fingerprint density at radius 1 is 1.39 bits per heavy atom. The zero-order valence-electron chi connectivity index (χ0n) is 17.4. The second-order valence-electron chi connectivity index (χ2n) is 7.99. The van der Waals surface area contributed by atoms with Crippen LogP contribution in [0.1, 0.15) is 40.3 Å². The van der Waals surface area contributed by atoms with Crippen molar-refractivity contribution in [3.05, 3.63) is 11.1 Å². The molecule has 4 N–H and O–H groups in total. The highest BCUT2D eigenvalue weighted by Gasteiger charge is 2.42. The van der Waals surface area contributed by atoms with E-state index in [1.165, 1.54) is 19.2 Å². The van der Waals surface area contributed by atoms with Crippen molar-refractivity contribution in [1.82, 2.24) is 14.6 Å². The quantitative estimate of drug-likeness (QED) is 0.159. The maximum absolute atomic E-state index is 12.8. The molecule has 2 heterocycles. The number of nitrogens with one attached hydrogen (secondary N) is 1. The fourth-order valence-corrected chi connectivity index (χ4v) is 3.87. The molecule has 2 rings (SSSR count). The first-order chi connectivity index (χ1) is 14.0. The number of nitrogen functional groups attached to an aromatic ring is 1. The normalized spacial score (nSPS) is 17.7. The van der Waals surface area contributed by atoms with Crippen LogP contribution in [0.5, 0.6) is 0 Å². The van der Waals surface area contributed by atoms with Crippen LogP contribution in [0.3, 0.4) is 0 Å². The first kappa shape index (κ1) is 24.9. The van der Waals surface area contributed by atoms with Crippen molar-refractivity contribution in [3.63, 3.8) is 0 Å². The summed E-state index contributed by atoms with van der Waals surface area (Å²) >= 11 is 5.97. The van der Waals surface area contributed by atoms with Gasteiger partial charge in [0.1, 0.15) is 16.3 Å². The lowest BCUT2D eigenvalue weighted by molar-refractivity contribution is -0.179. The molecule has 1 saturated heterocycles. The summed E-state index contributed by atoms with van der Waals surface area (Å²) in [6, 6.07) is -0.843. The molecule has 0 unspecified atom stereocenters. The van der Waals surface area contributed by atoms with Crippen LogP contribution in [0.25, 0.3) is 0 Å². The van der Waals surface area contributed by atoms with E-state index in [0.29, 0.717) is 4.31 Å². The second-order valence-corrected chi connectivity index (χ2v) is 10.6. The van der Waals surface area contributed by atoms with Crippen molar-refractivity contribution in [3.8, 4) is 0 Å². The molecule has 1 aliphatic heterocycles. The molecule has 0 spiro atoms. The summed E-state index contributed by atoms with van der Waals surface area (Å²) < 4.78 is 37.2. The number of rotatable bonds is 7. The second kappa shape index (κ2) is 8.64. The van der Waals surface area contributed by atoms with Crippen molar-refractivity contribution >= 4 is 61.6 Å². The Hall–Kier alpha value is -2.36. The van der Waals surface area contributed by atoms with Crippen LogP contribution in [-0.2, 0) is 29.5 Å². The van der Waals surface area contributed by atoms with Gasteiger partial charge < -0.3 is 20.6 Å². The van der Waals surface area contributed by atoms with Gasteiger partial charge in [-0.25, -0.2) is 14.1 Å². The Labute approximate surface area is 188 Å². The van der Waals surface area contributed by atoms with Gasteiger partial charge in [-0.05, 0) is 34.6 Å². The molecule has 0 radical (unpaired) electrons. The number of oxime groups is 1. The van der Waals surface area contributed by atoms with Crippen LogP contribution >= 0.6 is 23.6 Å². The predicted molar refractivity (Wildman–Crippen MR) is 117 cm³/mol. The van der Waals surface area contributed by atoms with E-state index in [-0.39, 0.29) is 28.1 Å². The van der Waals surface area contributed by atoms with E-state index in [1.807, 2.05) is 0 Å². The third kappa shape index (κ3) is 6.32. The number of carbonyl (C=O) groups is 2. The van der Waals surface area contributed by atoms with E-state index >= 15 is 0 Å². The van der Waals surface area contributed by atoms with E-state index in [9.17, 15) is 18.0 Å². The van der Waals surface area contributed by atoms with E-state index in [4.69, 9.17) is 32.1 Å².